The summed E-state index contributed by atoms with van der Waals surface area (Å²) in [5, 5.41) is 18.3. The van der Waals surface area contributed by atoms with Crippen LogP contribution in [0.2, 0.25) is 0 Å². The lowest BCUT2D eigenvalue weighted by Crippen LogP contribution is -2.37. The number of hydrogen-bond acceptors (Lipinski definition) is 8. The van der Waals surface area contributed by atoms with Gasteiger partial charge in [-0.25, -0.2) is 4.98 Å². The fraction of sp³-hybridized carbons (Fsp3) is 0.433. The molecule has 0 amide bonds. The van der Waals surface area contributed by atoms with Crippen molar-refractivity contribution in [3.8, 4) is 0 Å². The van der Waals surface area contributed by atoms with Crippen molar-refractivity contribution >= 4 is 60.1 Å². The maximum atomic E-state index is 4.63. The van der Waals surface area contributed by atoms with Crippen LogP contribution in [0.4, 0.5) is 27.9 Å². The molecule has 0 bridgehead atoms. The van der Waals surface area contributed by atoms with Crippen molar-refractivity contribution < 1.29 is 0 Å². The summed E-state index contributed by atoms with van der Waals surface area (Å²) < 4.78 is 1.20. The topological polar surface area (TPSA) is 65.6 Å². The first-order valence-corrected chi connectivity index (χ1v) is 15.5. The van der Waals surface area contributed by atoms with E-state index in [0.29, 0.717) is 11.2 Å². The molecule has 198 valence electrons. The molecular formula is C30H36N6S2. The minimum Gasteiger partial charge on any atom is -0.369 e. The van der Waals surface area contributed by atoms with Gasteiger partial charge in [-0.15, -0.1) is 21.6 Å². The largest absolute Gasteiger partial charge is 0.369 e. The molecule has 0 N–H and O–H groups in total. The van der Waals surface area contributed by atoms with Crippen LogP contribution in [0.1, 0.15) is 70.1 Å². The van der Waals surface area contributed by atoms with E-state index in [4.69, 9.17) is 0 Å². The summed E-state index contributed by atoms with van der Waals surface area (Å²) in [6.07, 6.45) is 11.4. The molecule has 0 spiro atoms. The highest BCUT2D eigenvalue weighted by Gasteiger charge is 2.20. The molecule has 8 heteroatoms. The number of azo groups is 2. The van der Waals surface area contributed by atoms with Crippen LogP contribution in [0.3, 0.4) is 0 Å². The number of aryl methyl sites for hydroxylation is 1. The zero-order chi connectivity index (χ0) is 26.2. The zero-order valence-corrected chi connectivity index (χ0v) is 24.0. The van der Waals surface area contributed by atoms with Gasteiger partial charge in [0.15, 0.2) is 0 Å². The van der Waals surface area contributed by atoms with Gasteiger partial charge in [0.2, 0.25) is 5.13 Å². The van der Waals surface area contributed by atoms with Gasteiger partial charge >= 0.3 is 0 Å². The van der Waals surface area contributed by atoms with E-state index in [0.717, 1.165) is 41.3 Å². The molecule has 0 aliphatic heterocycles. The molecule has 2 heterocycles. The number of fused-ring (bicyclic) bond motifs is 1. The van der Waals surface area contributed by atoms with Gasteiger partial charge in [0.1, 0.15) is 4.83 Å². The molecule has 2 aromatic carbocycles. The molecule has 0 radical (unpaired) electrons. The van der Waals surface area contributed by atoms with Crippen LogP contribution in [0, 0.1) is 0 Å². The molecule has 6 nitrogen and oxygen atoms in total. The van der Waals surface area contributed by atoms with Crippen LogP contribution in [0.25, 0.3) is 9.53 Å². The SMILES string of the molecule is CCCCc1cc2sc(N=Nc3ccc(N=Nc4ccc(N(CCC)C5CCCCC5)cc4)cc3)nc2s1. The van der Waals surface area contributed by atoms with Crippen molar-refractivity contribution in [1.82, 2.24) is 4.98 Å². The summed E-state index contributed by atoms with van der Waals surface area (Å²) in [4.78, 5) is 9.69. The van der Waals surface area contributed by atoms with Crippen molar-refractivity contribution in [2.45, 2.75) is 77.7 Å². The van der Waals surface area contributed by atoms with Gasteiger partial charge in [0.05, 0.1) is 21.8 Å². The Morgan fingerprint density at radius 1 is 0.789 bits per heavy atom. The second-order valence-corrected chi connectivity index (χ2v) is 12.0. The molecule has 1 saturated carbocycles. The predicted octanol–water partition coefficient (Wildman–Crippen LogP) is 11.1. The van der Waals surface area contributed by atoms with E-state index >= 15 is 0 Å². The third-order valence-corrected chi connectivity index (χ3v) is 9.05. The third-order valence-electron chi connectivity index (χ3n) is 6.95. The second-order valence-electron chi connectivity index (χ2n) is 9.90. The Morgan fingerprint density at radius 2 is 1.42 bits per heavy atom. The summed E-state index contributed by atoms with van der Waals surface area (Å²) in [5.74, 6) is 0. The number of benzene rings is 2. The second kappa shape index (κ2) is 13.2. The molecule has 0 atom stereocenters. The Labute approximate surface area is 233 Å². The Bertz CT molecular complexity index is 1320. The van der Waals surface area contributed by atoms with Gasteiger partial charge in [-0.3, -0.25) is 0 Å². The number of thiazole rings is 1. The smallest absolute Gasteiger partial charge is 0.231 e. The fourth-order valence-electron chi connectivity index (χ4n) is 4.96. The van der Waals surface area contributed by atoms with Gasteiger partial charge in [-0.05, 0) is 86.7 Å². The summed E-state index contributed by atoms with van der Waals surface area (Å²) in [5.41, 5.74) is 3.72. The van der Waals surface area contributed by atoms with E-state index in [1.54, 1.807) is 22.7 Å². The molecular weight excluding hydrogens is 509 g/mol. The van der Waals surface area contributed by atoms with Crippen LogP contribution in [-0.2, 0) is 6.42 Å². The summed E-state index contributed by atoms with van der Waals surface area (Å²) in [6.45, 7) is 5.59. The Morgan fingerprint density at radius 3 is 2.03 bits per heavy atom. The van der Waals surface area contributed by atoms with E-state index in [9.17, 15) is 0 Å². The first-order chi connectivity index (χ1) is 18.7. The number of anilines is 1. The summed E-state index contributed by atoms with van der Waals surface area (Å²) in [6, 6.07) is 19.1. The zero-order valence-electron chi connectivity index (χ0n) is 22.3. The average Bonchev–Trinajstić information content (AvgIpc) is 3.52. The molecule has 1 aliphatic carbocycles. The first-order valence-electron chi connectivity index (χ1n) is 13.9. The normalized spacial score (nSPS) is 14.8. The molecule has 0 saturated heterocycles. The standard InChI is InChI=1S/C30H36N6S2/c1-3-5-11-27-21-28-29(37-27)31-30(38-28)35-34-23-14-12-22(13-15-23)32-33-24-16-18-26(19-17-24)36(20-4-2)25-9-7-6-8-10-25/h12-19,21,25H,3-11,20H2,1-2H3. The molecule has 0 unspecified atom stereocenters. The van der Waals surface area contributed by atoms with Gasteiger partial charge in [0, 0.05) is 23.2 Å². The van der Waals surface area contributed by atoms with Gasteiger partial charge in [0.25, 0.3) is 0 Å². The van der Waals surface area contributed by atoms with E-state index in [1.807, 2.05) is 24.3 Å². The van der Waals surface area contributed by atoms with E-state index in [-0.39, 0.29) is 0 Å². The van der Waals surface area contributed by atoms with Gasteiger partial charge < -0.3 is 4.90 Å². The monoisotopic (exact) mass is 544 g/mol. The van der Waals surface area contributed by atoms with E-state index in [1.165, 1.54) is 60.2 Å². The average molecular weight is 545 g/mol. The lowest BCUT2D eigenvalue weighted by Gasteiger charge is -2.36. The predicted molar refractivity (Wildman–Crippen MR) is 162 cm³/mol. The molecule has 5 rings (SSSR count). The Kier molecular flexibility index (Phi) is 9.25. The fourth-order valence-corrected chi connectivity index (χ4v) is 7.05. The van der Waals surface area contributed by atoms with Crippen LogP contribution in [0.5, 0.6) is 0 Å². The van der Waals surface area contributed by atoms with E-state index in [2.05, 4.69) is 74.5 Å². The molecule has 4 aromatic rings. The van der Waals surface area contributed by atoms with Crippen LogP contribution in [0.15, 0.2) is 75.1 Å². The highest BCUT2D eigenvalue weighted by atomic mass is 32.1. The van der Waals surface area contributed by atoms with Crippen LogP contribution < -0.4 is 4.90 Å². The van der Waals surface area contributed by atoms with Crippen molar-refractivity contribution in [3.63, 3.8) is 0 Å². The maximum absolute atomic E-state index is 4.63. The highest BCUT2D eigenvalue weighted by Crippen LogP contribution is 2.36. The van der Waals surface area contributed by atoms with Crippen molar-refractivity contribution in [2.24, 2.45) is 20.5 Å². The van der Waals surface area contributed by atoms with Gasteiger partial charge in [-0.1, -0.05) is 50.9 Å². The van der Waals surface area contributed by atoms with Crippen molar-refractivity contribution in [2.75, 3.05) is 11.4 Å². The number of hydrogen-bond donors (Lipinski definition) is 0. The molecule has 1 aliphatic rings. The van der Waals surface area contributed by atoms with Crippen molar-refractivity contribution in [3.05, 3.63) is 59.5 Å². The molecule has 1 fully saturated rings. The van der Waals surface area contributed by atoms with E-state index < -0.39 is 0 Å². The molecule has 38 heavy (non-hydrogen) atoms. The quantitative estimate of drug-likeness (QED) is 0.176. The Balaban J connectivity index is 1.18. The van der Waals surface area contributed by atoms with Crippen molar-refractivity contribution in [1.29, 1.82) is 0 Å². The number of unbranched alkanes of at least 4 members (excludes halogenated alkanes) is 1. The minimum atomic E-state index is 0.669. The maximum Gasteiger partial charge on any atom is 0.231 e. The van der Waals surface area contributed by atoms with Crippen LogP contribution >= 0.6 is 22.7 Å². The number of nitrogens with zero attached hydrogens (tertiary/aromatic N) is 6. The Hall–Kier alpha value is -2.97. The molecule has 2 aromatic heterocycles. The lowest BCUT2D eigenvalue weighted by atomic mass is 9.93. The number of thiophene rings is 1. The van der Waals surface area contributed by atoms with Gasteiger partial charge in [-0.2, -0.15) is 10.2 Å². The first kappa shape index (κ1) is 26.6. The third kappa shape index (κ3) is 6.91. The number of rotatable bonds is 11. The lowest BCUT2D eigenvalue weighted by molar-refractivity contribution is 0.414. The van der Waals surface area contributed by atoms with Crippen LogP contribution in [-0.4, -0.2) is 17.6 Å². The summed E-state index contributed by atoms with van der Waals surface area (Å²) >= 11 is 3.36. The minimum absolute atomic E-state index is 0.669. The summed E-state index contributed by atoms with van der Waals surface area (Å²) in [7, 11) is 0. The highest BCUT2D eigenvalue weighted by molar-refractivity contribution is 7.28. The number of aromatic nitrogens is 1.